The second kappa shape index (κ2) is 7.89. The molecule has 122 valence electrons. The average molecular weight is 375 g/mol. The highest BCUT2D eigenvalue weighted by Gasteiger charge is 2.19. The molecule has 6 nitrogen and oxygen atoms in total. The van der Waals surface area contributed by atoms with E-state index in [9.17, 15) is 16.8 Å². The lowest BCUT2D eigenvalue weighted by Gasteiger charge is -2.19. The van der Waals surface area contributed by atoms with Gasteiger partial charge in [-0.3, -0.25) is 0 Å². The van der Waals surface area contributed by atoms with Gasteiger partial charge in [0.2, 0.25) is 20.0 Å². The molecule has 0 fully saturated rings. The molecule has 1 aromatic rings. The Morgan fingerprint density at radius 3 is 2.38 bits per heavy atom. The van der Waals surface area contributed by atoms with Gasteiger partial charge < -0.3 is 0 Å². The van der Waals surface area contributed by atoms with Crippen LogP contribution in [0.4, 0.5) is 0 Å². The predicted octanol–water partition coefficient (Wildman–Crippen LogP) is 1.74. The second-order valence-corrected chi connectivity index (χ2v) is 10.2. The molecule has 0 amide bonds. The third kappa shape index (κ3) is 6.21. The molecule has 0 unspecified atom stereocenters. The summed E-state index contributed by atoms with van der Waals surface area (Å²) in [6.07, 6.45) is 2.72. The molecule has 0 saturated carbocycles. The maximum atomic E-state index is 12.0. The van der Waals surface area contributed by atoms with Crippen LogP contribution in [0.15, 0.2) is 16.3 Å². The van der Waals surface area contributed by atoms with Crippen LogP contribution in [0.5, 0.6) is 0 Å². The monoisotopic (exact) mass is 374 g/mol. The molecule has 0 saturated heterocycles. The van der Waals surface area contributed by atoms with Crippen molar-refractivity contribution in [3.05, 3.63) is 16.5 Å². The lowest BCUT2D eigenvalue weighted by Crippen LogP contribution is -2.38. The van der Waals surface area contributed by atoms with Gasteiger partial charge in [0, 0.05) is 19.6 Å². The smallest absolute Gasteiger partial charge is 0.213 e. The van der Waals surface area contributed by atoms with Crippen molar-refractivity contribution in [2.75, 3.05) is 25.9 Å². The van der Waals surface area contributed by atoms with Crippen molar-refractivity contribution in [3.63, 3.8) is 0 Å². The van der Waals surface area contributed by atoms with Crippen molar-refractivity contribution in [2.45, 2.75) is 24.0 Å². The third-order valence-corrected chi connectivity index (χ3v) is 7.18. The lowest BCUT2D eigenvalue weighted by molar-refractivity contribution is 0.408. The maximum Gasteiger partial charge on any atom is 0.250 e. The number of unbranched alkanes of at least 4 members (excludes halogenated alkanes) is 1. The van der Waals surface area contributed by atoms with Crippen molar-refractivity contribution in [1.82, 2.24) is 9.03 Å². The average Bonchev–Trinajstić information content (AvgIpc) is 2.79. The van der Waals surface area contributed by atoms with Crippen LogP contribution in [0.2, 0.25) is 4.34 Å². The molecule has 21 heavy (non-hydrogen) atoms. The summed E-state index contributed by atoms with van der Waals surface area (Å²) in [4.78, 5) is 0. The van der Waals surface area contributed by atoms with Gasteiger partial charge in [-0.2, -0.15) is 0 Å². The molecule has 0 spiro atoms. The largest absolute Gasteiger partial charge is 0.250 e. The highest BCUT2D eigenvalue weighted by molar-refractivity contribution is 7.91. The Morgan fingerprint density at radius 2 is 1.90 bits per heavy atom. The molecule has 0 radical (unpaired) electrons. The van der Waals surface area contributed by atoms with Gasteiger partial charge in [0.05, 0.1) is 10.6 Å². The van der Waals surface area contributed by atoms with Gasteiger partial charge in [-0.1, -0.05) is 24.9 Å². The number of halogens is 1. The molecule has 10 heteroatoms. The van der Waals surface area contributed by atoms with Gasteiger partial charge in [-0.05, 0) is 18.6 Å². The van der Waals surface area contributed by atoms with E-state index in [-0.39, 0.29) is 17.3 Å². The first-order valence-corrected chi connectivity index (χ1v) is 10.9. The summed E-state index contributed by atoms with van der Waals surface area (Å²) >= 11 is 6.66. The van der Waals surface area contributed by atoms with E-state index in [2.05, 4.69) is 4.72 Å². The zero-order chi connectivity index (χ0) is 16.1. The van der Waals surface area contributed by atoms with Gasteiger partial charge in [-0.25, -0.2) is 25.9 Å². The molecule has 0 aliphatic carbocycles. The minimum Gasteiger partial charge on any atom is -0.213 e. The fourth-order valence-electron chi connectivity index (χ4n) is 1.60. The lowest BCUT2D eigenvalue weighted by atomic mass is 10.3. The van der Waals surface area contributed by atoms with E-state index in [1.54, 1.807) is 0 Å². The van der Waals surface area contributed by atoms with Crippen molar-refractivity contribution in [3.8, 4) is 0 Å². The molecule has 0 aromatic carbocycles. The maximum absolute atomic E-state index is 12.0. The quantitative estimate of drug-likeness (QED) is 0.713. The van der Waals surface area contributed by atoms with E-state index < -0.39 is 20.0 Å². The van der Waals surface area contributed by atoms with Gasteiger partial charge >= 0.3 is 0 Å². The number of hydrogen-bond acceptors (Lipinski definition) is 5. The van der Waals surface area contributed by atoms with E-state index in [1.165, 1.54) is 16.4 Å². The predicted molar refractivity (Wildman–Crippen MR) is 85.8 cm³/mol. The summed E-state index contributed by atoms with van der Waals surface area (Å²) in [5, 5.41) is 0. The summed E-state index contributed by atoms with van der Waals surface area (Å²) in [6.45, 7) is 2.48. The molecule has 1 N–H and O–H groups in total. The highest BCUT2D eigenvalue weighted by atomic mass is 35.5. The molecule has 1 aromatic heterocycles. The van der Waals surface area contributed by atoms with E-state index in [0.717, 1.165) is 30.4 Å². The Bertz CT molecular complexity index is 655. The molecule has 0 atom stereocenters. The van der Waals surface area contributed by atoms with Crippen LogP contribution in [0.25, 0.3) is 0 Å². The molecule has 0 aliphatic heterocycles. The number of thiophene rings is 1. The summed E-state index contributed by atoms with van der Waals surface area (Å²) in [5.41, 5.74) is 0. The van der Waals surface area contributed by atoms with Gasteiger partial charge in [0.25, 0.3) is 0 Å². The normalized spacial score (nSPS) is 13.0. The van der Waals surface area contributed by atoms with Crippen molar-refractivity contribution >= 4 is 43.0 Å². The summed E-state index contributed by atoms with van der Waals surface area (Å²) in [6, 6.07) is 2.92. The number of nitrogens with one attached hydrogen (secondary N) is 1. The minimum atomic E-state index is -3.64. The number of sulfonamides is 2. The first kappa shape index (κ1) is 18.9. The molecular formula is C11H19ClN2O4S3. The molecule has 0 bridgehead atoms. The van der Waals surface area contributed by atoms with Crippen LogP contribution in [0.1, 0.15) is 19.8 Å². The van der Waals surface area contributed by atoms with Gasteiger partial charge in [-0.15, -0.1) is 11.3 Å². The van der Waals surface area contributed by atoms with Crippen molar-refractivity contribution in [2.24, 2.45) is 0 Å². The fraction of sp³-hybridized carbons (Fsp3) is 0.636. The molecule has 1 rings (SSSR count). The first-order chi connectivity index (χ1) is 9.66. The number of hydrogen-bond donors (Lipinski definition) is 1. The Hall–Kier alpha value is -0.190. The van der Waals surface area contributed by atoms with E-state index >= 15 is 0 Å². The Balaban J connectivity index is 2.61. The van der Waals surface area contributed by atoms with E-state index in [1.807, 2.05) is 6.92 Å². The van der Waals surface area contributed by atoms with Crippen LogP contribution >= 0.6 is 22.9 Å². The van der Waals surface area contributed by atoms with Crippen LogP contribution in [-0.4, -0.2) is 47.0 Å². The van der Waals surface area contributed by atoms with Crippen molar-refractivity contribution in [1.29, 1.82) is 0 Å². The third-order valence-electron chi connectivity index (χ3n) is 2.70. The Morgan fingerprint density at radius 1 is 1.24 bits per heavy atom. The van der Waals surface area contributed by atoms with Crippen LogP contribution in [-0.2, 0) is 20.0 Å². The van der Waals surface area contributed by atoms with Crippen molar-refractivity contribution < 1.29 is 16.8 Å². The molecular weight excluding hydrogens is 356 g/mol. The van der Waals surface area contributed by atoms with Crippen LogP contribution in [0.3, 0.4) is 0 Å². The summed E-state index contributed by atoms with van der Waals surface area (Å²) < 4.78 is 51.3. The van der Waals surface area contributed by atoms with Gasteiger partial charge in [0.15, 0.2) is 0 Å². The van der Waals surface area contributed by atoms with E-state index in [4.69, 9.17) is 11.6 Å². The zero-order valence-corrected chi connectivity index (χ0v) is 15.1. The molecule has 1 heterocycles. The Kier molecular flexibility index (Phi) is 7.08. The topological polar surface area (TPSA) is 83.6 Å². The standard InChI is InChI=1S/C11H19ClN2O4S3/c1-3-4-8-14(20(2,15)16)9-7-13-21(17,18)11-6-5-10(12)19-11/h5-6,13H,3-4,7-9H2,1-2H3. The molecule has 0 aliphatic rings. The zero-order valence-electron chi connectivity index (χ0n) is 11.9. The summed E-state index contributed by atoms with van der Waals surface area (Å²) in [5.74, 6) is 0. The first-order valence-electron chi connectivity index (χ1n) is 6.37. The number of rotatable bonds is 9. The highest BCUT2D eigenvalue weighted by Crippen LogP contribution is 2.25. The summed E-state index contributed by atoms with van der Waals surface area (Å²) in [7, 11) is -6.97. The number of nitrogens with zero attached hydrogens (tertiary/aromatic N) is 1. The van der Waals surface area contributed by atoms with Gasteiger partial charge in [0.1, 0.15) is 4.21 Å². The van der Waals surface area contributed by atoms with E-state index in [0.29, 0.717) is 10.9 Å². The second-order valence-electron chi connectivity index (χ2n) is 4.47. The SMILES string of the molecule is CCCCN(CCNS(=O)(=O)c1ccc(Cl)s1)S(C)(=O)=O. The Labute approximate surface area is 135 Å². The fourth-order valence-corrected chi connectivity index (χ4v) is 5.03. The minimum absolute atomic E-state index is 0.0225. The van der Waals surface area contributed by atoms with Crippen LogP contribution < -0.4 is 4.72 Å². The van der Waals surface area contributed by atoms with Crippen LogP contribution in [0, 0.1) is 0 Å².